The lowest BCUT2D eigenvalue weighted by atomic mass is 10.1. The number of rotatable bonds is 7. The van der Waals surface area contributed by atoms with E-state index in [0.29, 0.717) is 25.3 Å². The maximum Gasteiger partial charge on any atom is 0.326 e. The standard InChI is InChI=1S/C13H22N2O4S/c1-9(5-7-20-8-14-10(2)16)12(17)15-6-3-4-11(15)13(18)19/h9,11H,3-8H2,1-2H3,(H,14,16)(H,18,19)/t9?,11-/m0/s1. The molecule has 20 heavy (non-hydrogen) atoms. The molecule has 1 fully saturated rings. The number of nitrogens with one attached hydrogen (secondary N) is 1. The van der Waals surface area contributed by atoms with Crippen LogP contribution in [0.15, 0.2) is 0 Å². The third-order valence-electron chi connectivity index (χ3n) is 3.36. The van der Waals surface area contributed by atoms with E-state index in [0.717, 1.165) is 12.2 Å². The highest BCUT2D eigenvalue weighted by Crippen LogP contribution is 2.21. The zero-order valence-electron chi connectivity index (χ0n) is 11.9. The lowest BCUT2D eigenvalue weighted by molar-refractivity contribution is -0.149. The van der Waals surface area contributed by atoms with Gasteiger partial charge in [-0.15, -0.1) is 11.8 Å². The molecule has 2 atom stereocenters. The van der Waals surface area contributed by atoms with Gasteiger partial charge >= 0.3 is 5.97 Å². The number of amides is 2. The van der Waals surface area contributed by atoms with Crippen LogP contribution in [-0.4, -0.2) is 52.0 Å². The molecular formula is C13H22N2O4S. The van der Waals surface area contributed by atoms with Crippen LogP contribution in [0.4, 0.5) is 0 Å². The van der Waals surface area contributed by atoms with Gasteiger partial charge in [-0.2, -0.15) is 0 Å². The fraction of sp³-hybridized carbons (Fsp3) is 0.769. The van der Waals surface area contributed by atoms with Gasteiger partial charge in [0, 0.05) is 19.4 Å². The van der Waals surface area contributed by atoms with Gasteiger partial charge in [-0.3, -0.25) is 9.59 Å². The van der Waals surface area contributed by atoms with Crippen LogP contribution in [0.3, 0.4) is 0 Å². The van der Waals surface area contributed by atoms with Crippen LogP contribution in [0.5, 0.6) is 0 Å². The Morgan fingerprint density at radius 1 is 1.45 bits per heavy atom. The molecule has 2 N–H and O–H groups in total. The van der Waals surface area contributed by atoms with Crippen LogP contribution < -0.4 is 5.32 Å². The monoisotopic (exact) mass is 302 g/mol. The summed E-state index contributed by atoms with van der Waals surface area (Å²) in [5, 5.41) is 11.8. The molecular weight excluding hydrogens is 280 g/mol. The van der Waals surface area contributed by atoms with E-state index in [-0.39, 0.29) is 17.7 Å². The third kappa shape index (κ3) is 5.03. The highest BCUT2D eigenvalue weighted by Gasteiger charge is 2.35. The second-order valence-electron chi connectivity index (χ2n) is 5.00. The van der Waals surface area contributed by atoms with Crippen molar-refractivity contribution < 1.29 is 19.5 Å². The van der Waals surface area contributed by atoms with E-state index < -0.39 is 12.0 Å². The normalized spacial score (nSPS) is 19.7. The van der Waals surface area contributed by atoms with E-state index in [9.17, 15) is 14.4 Å². The number of likely N-dealkylation sites (tertiary alicyclic amines) is 1. The molecule has 0 radical (unpaired) electrons. The molecule has 0 aliphatic carbocycles. The first-order valence-corrected chi connectivity index (χ1v) is 7.94. The van der Waals surface area contributed by atoms with E-state index in [1.165, 1.54) is 11.8 Å². The van der Waals surface area contributed by atoms with E-state index in [1.54, 1.807) is 11.8 Å². The molecule has 1 aliphatic heterocycles. The fourth-order valence-corrected chi connectivity index (χ4v) is 3.15. The minimum Gasteiger partial charge on any atom is -0.480 e. The number of aliphatic carboxylic acids is 1. The molecule has 0 aromatic heterocycles. The van der Waals surface area contributed by atoms with E-state index in [1.807, 2.05) is 6.92 Å². The SMILES string of the molecule is CC(=O)NCSCCC(C)C(=O)N1CCC[C@H]1C(=O)O. The number of hydrogen-bond acceptors (Lipinski definition) is 4. The van der Waals surface area contributed by atoms with Crippen molar-refractivity contribution in [3.63, 3.8) is 0 Å². The Bertz CT molecular complexity index is 375. The van der Waals surface area contributed by atoms with Gasteiger partial charge < -0.3 is 15.3 Å². The van der Waals surface area contributed by atoms with E-state index in [2.05, 4.69) is 5.32 Å². The van der Waals surface area contributed by atoms with Crippen LogP contribution in [0.2, 0.25) is 0 Å². The molecule has 114 valence electrons. The molecule has 7 heteroatoms. The zero-order chi connectivity index (χ0) is 15.1. The van der Waals surface area contributed by atoms with Gasteiger partial charge in [0.05, 0.1) is 5.88 Å². The van der Waals surface area contributed by atoms with Crippen molar-refractivity contribution in [3.05, 3.63) is 0 Å². The smallest absolute Gasteiger partial charge is 0.326 e. The molecule has 1 unspecified atom stereocenters. The summed E-state index contributed by atoms with van der Waals surface area (Å²) in [5.41, 5.74) is 0. The highest BCUT2D eigenvalue weighted by atomic mass is 32.2. The minimum atomic E-state index is -0.914. The maximum atomic E-state index is 12.2. The lowest BCUT2D eigenvalue weighted by Gasteiger charge is -2.24. The predicted octanol–water partition coefficient (Wildman–Crippen LogP) is 0.915. The average molecular weight is 302 g/mol. The Balaban J connectivity index is 2.31. The highest BCUT2D eigenvalue weighted by molar-refractivity contribution is 7.99. The predicted molar refractivity (Wildman–Crippen MR) is 77.3 cm³/mol. The average Bonchev–Trinajstić information content (AvgIpc) is 2.86. The van der Waals surface area contributed by atoms with Crippen molar-refractivity contribution in [2.75, 3.05) is 18.2 Å². The van der Waals surface area contributed by atoms with Crippen LogP contribution in [0, 0.1) is 5.92 Å². The Kier molecular flexibility index (Phi) is 6.84. The Morgan fingerprint density at radius 3 is 2.75 bits per heavy atom. The second-order valence-corrected chi connectivity index (χ2v) is 6.11. The quantitative estimate of drug-likeness (QED) is 0.539. The van der Waals surface area contributed by atoms with Gasteiger partial charge in [0.25, 0.3) is 0 Å². The zero-order valence-corrected chi connectivity index (χ0v) is 12.7. The largest absolute Gasteiger partial charge is 0.480 e. The van der Waals surface area contributed by atoms with E-state index in [4.69, 9.17) is 5.11 Å². The maximum absolute atomic E-state index is 12.2. The van der Waals surface area contributed by atoms with Gasteiger partial charge in [-0.25, -0.2) is 4.79 Å². The molecule has 2 amide bonds. The molecule has 0 spiro atoms. The Morgan fingerprint density at radius 2 is 2.15 bits per heavy atom. The number of hydrogen-bond donors (Lipinski definition) is 2. The molecule has 1 saturated heterocycles. The van der Waals surface area contributed by atoms with Gasteiger partial charge in [-0.1, -0.05) is 6.92 Å². The van der Waals surface area contributed by atoms with Crippen LogP contribution in [0.25, 0.3) is 0 Å². The molecule has 1 aliphatic rings. The van der Waals surface area contributed by atoms with Gasteiger partial charge in [0.1, 0.15) is 6.04 Å². The fourth-order valence-electron chi connectivity index (χ4n) is 2.18. The number of thioether (sulfide) groups is 1. The molecule has 0 aromatic rings. The van der Waals surface area contributed by atoms with E-state index >= 15 is 0 Å². The summed E-state index contributed by atoms with van der Waals surface area (Å²) in [6.45, 7) is 3.84. The Hall–Kier alpha value is -1.24. The van der Waals surface area contributed by atoms with Crippen molar-refractivity contribution in [1.82, 2.24) is 10.2 Å². The Labute approximate surface area is 123 Å². The van der Waals surface area contributed by atoms with Crippen molar-refractivity contribution in [2.45, 2.75) is 39.2 Å². The first kappa shape index (κ1) is 16.8. The summed E-state index contributed by atoms with van der Waals surface area (Å²) in [6.07, 6.45) is 1.99. The number of carbonyl (C=O) groups is 3. The number of carboxylic acid groups (broad SMARTS) is 1. The van der Waals surface area contributed by atoms with Gasteiger partial charge in [-0.05, 0) is 25.0 Å². The van der Waals surface area contributed by atoms with Gasteiger partial charge in [0.2, 0.25) is 11.8 Å². The number of carbonyl (C=O) groups excluding carboxylic acids is 2. The number of carboxylic acids is 1. The van der Waals surface area contributed by atoms with Crippen molar-refractivity contribution in [3.8, 4) is 0 Å². The summed E-state index contributed by atoms with van der Waals surface area (Å²) in [7, 11) is 0. The molecule has 0 aromatic carbocycles. The molecule has 0 saturated carbocycles. The second kappa shape index (κ2) is 8.14. The molecule has 1 heterocycles. The first-order valence-electron chi connectivity index (χ1n) is 6.79. The van der Waals surface area contributed by atoms with Crippen LogP contribution >= 0.6 is 11.8 Å². The summed E-state index contributed by atoms with van der Waals surface area (Å²) < 4.78 is 0. The van der Waals surface area contributed by atoms with Crippen LogP contribution in [0.1, 0.15) is 33.1 Å². The molecule has 6 nitrogen and oxygen atoms in total. The first-order chi connectivity index (χ1) is 9.43. The van der Waals surface area contributed by atoms with Crippen molar-refractivity contribution >= 4 is 29.5 Å². The van der Waals surface area contributed by atoms with Gasteiger partial charge in [0.15, 0.2) is 0 Å². The third-order valence-corrected chi connectivity index (χ3v) is 4.23. The lowest BCUT2D eigenvalue weighted by Crippen LogP contribution is -2.43. The summed E-state index contributed by atoms with van der Waals surface area (Å²) >= 11 is 1.56. The summed E-state index contributed by atoms with van der Waals surface area (Å²) in [6, 6.07) is -0.656. The number of nitrogens with zero attached hydrogens (tertiary/aromatic N) is 1. The summed E-state index contributed by atoms with van der Waals surface area (Å²) in [4.78, 5) is 35.5. The molecule has 1 rings (SSSR count). The van der Waals surface area contributed by atoms with Crippen molar-refractivity contribution in [1.29, 1.82) is 0 Å². The topological polar surface area (TPSA) is 86.7 Å². The molecule has 0 bridgehead atoms. The minimum absolute atomic E-state index is 0.0667. The van der Waals surface area contributed by atoms with Crippen LogP contribution in [-0.2, 0) is 14.4 Å². The van der Waals surface area contributed by atoms with Crippen molar-refractivity contribution in [2.24, 2.45) is 5.92 Å². The summed E-state index contributed by atoms with van der Waals surface area (Å²) in [5.74, 6) is 0.0668.